The van der Waals surface area contributed by atoms with Gasteiger partial charge in [0.05, 0.1) is 0 Å². The van der Waals surface area contributed by atoms with Crippen LogP contribution in [0.4, 0.5) is 0 Å². The molecule has 0 aliphatic heterocycles. The summed E-state index contributed by atoms with van der Waals surface area (Å²) < 4.78 is 2.45. The topological polar surface area (TPSA) is 3.24 Å². The molecule has 0 rings (SSSR count). The van der Waals surface area contributed by atoms with E-state index >= 15 is 0 Å². The SMILES string of the molecule is CCN(C)[SiH](C)C=C(C)C. The smallest absolute Gasteiger partial charge is 0.132 e. The lowest BCUT2D eigenvalue weighted by molar-refractivity contribution is 0.559. The third-order valence-corrected chi connectivity index (χ3v) is 4.67. The minimum Gasteiger partial charge on any atom is -0.326 e. The molecule has 0 saturated heterocycles. The van der Waals surface area contributed by atoms with Crippen molar-refractivity contribution in [2.24, 2.45) is 0 Å². The standard InChI is InChI=1S/C8H19NSi/c1-6-9(4)10(5)7-8(2)3/h7,10H,6H2,1-5H3. The first-order valence-electron chi connectivity index (χ1n) is 3.93. The Morgan fingerprint density at radius 3 is 2.30 bits per heavy atom. The zero-order valence-electron chi connectivity index (χ0n) is 7.81. The van der Waals surface area contributed by atoms with Crippen molar-refractivity contribution in [3.63, 3.8) is 0 Å². The Balaban J connectivity index is 3.83. The van der Waals surface area contributed by atoms with Gasteiger partial charge in [-0.15, -0.1) is 0 Å². The first kappa shape index (κ1) is 9.92. The highest BCUT2D eigenvalue weighted by atomic mass is 28.3. The highest BCUT2D eigenvalue weighted by molar-refractivity contribution is 6.59. The second-order valence-electron chi connectivity index (χ2n) is 3.06. The number of hydrogen-bond acceptors (Lipinski definition) is 1. The molecular formula is C8H19NSi. The van der Waals surface area contributed by atoms with Gasteiger partial charge in [0.1, 0.15) is 8.96 Å². The number of nitrogens with zero attached hydrogens (tertiary/aromatic N) is 1. The maximum Gasteiger partial charge on any atom is 0.132 e. The zero-order valence-corrected chi connectivity index (χ0v) is 8.96. The molecular weight excluding hydrogens is 138 g/mol. The van der Waals surface area contributed by atoms with Crippen molar-refractivity contribution >= 4 is 8.96 Å². The molecule has 0 N–H and O–H groups in total. The summed E-state index contributed by atoms with van der Waals surface area (Å²) in [5.74, 6) is 0. The van der Waals surface area contributed by atoms with E-state index < -0.39 is 8.96 Å². The minimum absolute atomic E-state index is 0.683. The van der Waals surface area contributed by atoms with Gasteiger partial charge in [-0.25, -0.2) is 0 Å². The zero-order chi connectivity index (χ0) is 8.15. The Morgan fingerprint density at radius 1 is 1.50 bits per heavy atom. The largest absolute Gasteiger partial charge is 0.326 e. The molecule has 0 aliphatic carbocycles. The van der Waals surface area contributed by atoms with E-state index in [1.165, 1.54) is 12.1 Å². The van der Waals surface area contributed by atoms with Gasteiger partial charge in [-0.2, -0.15) is 0 Å². The molecule has 0 aliphatic rings. The molecule has 10 heavy (non-hydrogen) atoms. The lowest BCUT2D eigenvalue weighted by Gasteiger charge is -2.18. The van der Waals surface area contributed by atoms with Crippen LogP contribution >= 0.6 is 0 Å². The average Bonchev–Trinajstić information content (AvgIpc) is 1.85. The van der Waals surface area contributed by atoms with E-state index in [0.717, 1.165) is 0 Å². The molecule has 1 unspecified atom stereocenters. The third-order valence-electron chi connectivity index (χ3n) is 1.77. The molecule has 0 amide bonds. The molecule has 1 atom stereocenters. The second-order valence-corrected chi connectivity index (χ2v) is 5.75. The normalized spacial score (nSPS) is 13.4. The van der Waals surface area contributed by atoms with E-state index in [0.29, 0.717) is 0 Å². The summed E-state index contributed by atoms with van der Waals surface area (Å²) in [4.78, 5) is 0. The molecule has 60 valence electrons. The minimum atomic E-state index is -0.683. The van der Waals surface area contributed by atoms with Gasteiger partial charge < -0.3 is 4.57 Å². The first-order valence-corrected chi connectivity index (χ1v) is 6.27. The molecule has 0 saturated carbocycles. The highest BCUT2D eigenvalue weighted by Gasteiger charge is 2.03. The number of allylic oxidation sites excluding steroid dienone is 1. The van der Waals surface area contributed by atoms with E-state index in [4.69, 9.17) is 0 Å². The van der Waals surface area contributed by atoms with Gasteiger partial charge in [-0.1, -0.05) is 24.7 Å². The fourth-order valence-corrected chi connectivity index (χ4v) is 2.69. The van der Waals surface area contributed by atoms with E-state index in [9.17, 15) is 0 Å². The van der Waals surface area contributed by atoms with E-state index in [1.807, 2.05) is 0 Å². The maximum atomic E-state index is 2.45. The first-order chi connectivity index (χ1) is 4.57. The van der Waals surface area contributed by atoms with Crippen molar-refractivity contribution in [1.29, 1.82) is 0 Å². The van der Waals surface area contributed by atoms with Crippen LogP contribution in [0.3, 0.4) is 0 Å². The third kappa shape index (κ3) is 3.85. The van der Waals surface area contributed by atoms with Crippen LogP contribution < -0.4 is 0 Å². The molecule has 0 fully saturated rings. The lowest BCUT2D eigenvalue weighted by Crippen LogP contribution is -2.31. The van der Waals surface area contributed by atoms with Crippen LogP contribution in [0.5, 0.6) is 0 Å². The van der Waals surface area contributed by atoms with E-state index in [-0.39, 0.29) is 0 Å². The molecule has 1 nitrogen and oxygen atoms in total. The summed E-state index contributed by atoms with van der Waals surface area (Å²) in [6.07, 6.45) is 0. The Morgan fingerprint density at radius 2 is 2.00 bits per heavy atom. The fraction of sp³-hybridized carbons (Fsp3) is 0.750. The van der Waals surface area contributed by atoms with Gasteiger partial charge in [0.2, 0.25) is 0 Å². The lowest BCUT2D eigenvalue weighted by atomic mass is 10.4. The Labute approximate surface area is 66.4 Å². The summed E-state index contributed by atoms with van der Waals surface area (Å²) in [5, 5.41) is 0. The Hall–Kier alpha value is -0.0831. The van der Waals surface area contributed by atoms with Gasteiger partial charge >= 0.3 is 0 Å². The van der Waals surface area contributed by atoms with Gasteiger partial charge in [-0.3, -0.25) is 0 Å². The highest BCUT2D eigenvalue weighted by Crippen LogP contribution is 1.96. The van der Waals surface area contributed by atoms with Crippen molar-refractivity contribution in [2.45, 2.75) is 27.3 Å². The van der Waals surface area contributed by atoms with Crippen LogP contribution in [0.15, 0.2) is 11.3 Å². The predicted molar refractivity (Wildman–Crippen MR) is 50.7 cm³/mol. The van der Waals surface area contributed by atoms with Gasteiger partial charge in [0.25, 0.3) is 0 Å². The van der Waals surface area contributed by atoms with Crippen LogP contribution in [0.2, 0.25) is 6.55 Å². The Kier molecular flexibility index (Phi) is 4.65. The summed E-state index contributed by atoms with van der Waals surface area (Å²) in [6, 6.07) is 0. The summed E-state index contributed by atoms with van der Waals surface area (Å²) in [6.45, 7) is 10.1. The predicted octanol–water partition coefficient (Wildman–Crippen LogP) is 1.80. The second kappa shape index (κ2) is 4.69. The monoisotopic (exact) mass is 157 g/mol. The molecule has 0 bridgehead atoms. The average molecular weight is 157 g/mol. The van der Waals surface area contributed by atoms with E-state index in [1.54, 1.807) is 0 Å². The molecule has 0 aromatic carbocycles. The van der Waals surface area contributed by atoms with Crippen LogP contribution in [0, 0.1) is 0 Å². The quantitative estimate of drug-likeness (QED) is 0.565. The van der Waals surface area contributed by atoms with Crippen LogP contribution in [-0.2, 0) is 0 Å². The Bertz CT molecular complexity index is 116. The van der Waals surface area contributed by atoms with Crippen LogP contribution in [0.1, 0.15) is 20.8 Å². The van der Waals surface area contributed by atoms with Crippen molar-refractivity contribution < 1.29 is 0 Å². The van der Waals surface area contributed by atoms with Crippen molar-refractivity contribution in [1.82, 2.24) is 4.57 Å². The molecule has 0 spiro atoms. The number of rotatable bonds is 3. The van der Waals surface area contributed by atoms with Crippen molar-refractivity contribution in [2.75, 3.05) is 13.6 Å². The molecule has 0 aromatic heterocycles. The molecule has 0 heterocycles. The summed E-state index contributed by atoms with van der Waals surface area (Å²) in [7, 11) is 1.52. The summed E-state index contributed by atoms with van der Waals surface area (Å²) in [5.41, 5.74) is 3.88. The van der Waals surface area contributed by atoms with Gasteiger partial charge in [0, 0.05) is 0 Å². The van der Waals surface area contributed by atoms with Crippen LogP contribution in [0.25, 0.3) is 0 Å². The molecule has 0 aromatic rings. The fourth-order valence-electron chi connectivity index (χ4n) is 0.898. The molecule has 0 radical (unpaired) electrons. The van der Waals surface area contributed by atoms with Crippen molar-refractivity contribution in [3.8, 4) is 0 Å². The molecule has 2 heteroatoms. The maximum absolute atomic E-state index is 2.45. The van der Waals surface area contributed by atoms with Crippen molar-refractivity contribution in [3.05, 3.63) is 11.3 Å². The van der Waals surface area contributed by atoms with Gasteiger partial charge in [0.15, 0.2) is 0 Å². The van der Waals surface area contributed by atoms with Gasteiger partial charge in [-0.05, 0) is 27.4 Å². The summed E-state index contributed by atoms with van der Waals surface area (Å²) >= 11 is 0. The number of hydrogen-bond donors (Lipinski definition) is 0. The van der Waals surface area contributed by atoms with Crippen LogP contribution in [-0.4, -0.2) is 27.1 Å². The van der Waals surface area contributed by atoms with E-state index in [2.05, 4.69) is 44.6 Å².